The summed E-state index contributed by atoms with van der Waals surface area (Å²) in [6.45, 7) is 13.0. The van der Waals surface area contributed by atoms with Crippen molar-refractivity contribution in [2.45, 2.75) is 51.6 Å². The quantitative estimate of drug-likeness (QED) is 0.909. The monoisotopic (exact) mass is 286 g/mol. The van der Waals surface area contributed by atoms with Crippen LogP contribution < -0.4 is 5.32 Å². The van der Waals surface area contributed by atoms with Gasteiger partial charge in [-0.15, -0.1) is 0 Å². The summed E-state index contributed by atoms with van der Waals surface area (Å²) in [6.07, 6.45) is 2.82. The molecule has 116 valence electrons. The maximum Gasteiger partial charge on any atom is 0.0535 e. The van der Waals surface area contributed by atoms with Crippen LogP contribution in [-0.4, -0.2) is 30.1 Å². The molecule has 2 aliphatic rings. The van der Waals surface area contributed by atoms with E-state index in [2.05, 4.69) is 68.2 Å². The highest BCUT2D eigenvalue weighted by Crippen LogP contribution is 2.46. The Morgan fingerprint density at radius 1 is 1.19 bits per heavy atom. The van der Waals surface area contributed by atoms with E-state index in [0.29, 0.717) is 5.54 Å². The predicted molar refractivity (Wildman–Crippen MR) is 89.3 cm³/mol. The molecule has 1 heterocycles. The first kappa shape index (κ1) is 15.1. The highest BCUT2D eigenvalue weighted by atomic mass is 15.3. The van der Waals surface area contributed by atoms with E-state index in [0.717, 1.165) is 24.9 Å². The molecule has 1 aromatic rings. The molecule has 0 bridgehead atoms. The summed E-state index contributed by atoms with van der Waals surface area (Å²) in [5.74, 6) is 1.62. The van der Waals surface area contributed by atoms with Gasteiger partial charge in [0, 0.05) is 25.2 Å². The lowest BCUT2D eigenvalue weighted by Gasteiger charge is -2.53. The van der Waals surface area contributed by atoms with E-state index < -0.39 is 0 Å². The van der Waals surface area contributed by atoms with Crippen molar-refractivity contribution >= 4 is 0 Å². The summed E-state index contributed by atoms with van der Waals surface area (Å²) in [5, 5.41) is 3.89. The Labute approximate surface area is 129 Å². The van der Waals surface area contributed by atoms with Gasteiger partial charge in [0.1, 0.15) is 0 Å². The molecule has 1 aliphatic heterocycles. The first-order valence-electron chi connectivity index (χ1n) is 8.50. The molecule has 0 aromatic heterocycles. The second-order valence-electron chi connectivity index (χ2n) is 7.96. The van der Waals surface area contributed by atoms with E-state index >= 15 is 0 Å². The van der Waals surface area contributed by atoms with Crippen molar-refractivity contribution in [1.82, 2.24) is 10.2 Å². The summed E-state index contributed by atoms with van der Waals surface area (Å²) >= 11 is 0. The van der Waals surface area contributed by atoms with Gasteiger partial charge in [0.25, 0.3) is 0 Å². The van der Waals surface area contributed by atoms with E-state index in [9.17, 15) is 0 Å². The molecule has 2 fully saturated rings. The Morgan fingerprint density at radius 2 is 1.86 bits per heavy atom. The lowest BCUT2D eigenvalue weighted by Crippen LogP contribution is -2.68. The lowest BCUT2D eigenvalue weighted by atomic mass is 9.81. The van der Waals surface area contributed by atoms with E-state index in [4.69, 9.17) is 0 Å². The summed E-state index contributed by atoms with van der Waals surface area (Å²) < 4.78 is 0. The van der Waals surface area contributed by atoms with E-state index in [-0.39, 0.29) is 5.54 Å². The van der Waals surface area contributed by atoms with Crippen molar-refractivity contribution in [3.63, 3.8) is 0 Å². The van der Waals surface area contributed by atoms with E-state index in [1.165, 1.54) is 24.9 Å². The second-order valence-corrected chi connectivity index (χ2v) is 7.96. The average Bonchev–Trinajstić information content (AvgIpc) is 3.29. The van der Waals surface area contributed by atoms with Gasteiger partial charge in [-0.3, -0.25) is 4.90 Å². The molecule has 3 rings (SSSR count). The van der Waals surface area contributed by atoms with Gasteiger partial charge >= 0.3 is 0 Å². The molecule has 1 N–H and O–H groups in total. The van der Waals surface area contributed by atoms with Crippen LogP contribution in [-0.2, 0) is 5.54 Å². The van der Waals surface area contributed by atoms with Crippen molar-refractivity contribution in [1.29, 1.82) is 0 Å². The van der Waals surface area contributed by atoms with Gasteiger partial charge in [-0.1, -0.05) is 44.2 Å². The summed E-state index contributed by atoms with van der Waals surface area (Å²) in [4.78, 5) is 2.78. The van der Waals surface area contributed by atoms with E-state index in [1.54, 1.807) is 0 Å². The van der Waals surface area contributed by atoms with Crippen molar-refractivity contribution in [2.24, 2.45) is 11.8 Å². The third-order valence-corrected chi connectivity index (χ3v) is 5.52. The van der Waals surface area contributed by atoms with Crippen LogP contribution in [0, 0.1) is 11.8 Å². The van der Waals surface area contributed by atoms with Gasteiger partial charge in [0.15, 0.2) is 0 Å². The predicted octanol–water partition coefficient (Wildman–Crippen LogP) is 3.63. The largest absolute Gasteiger partial charge is 0.305 e. The topological polar surface area (TPSA) is 15.3 Å². The molecular formula is C19H30N2. The molecule has 0 amide bonds. The van der Waals surface area contributed by atoms with Crippen molar-refractivity contribution in [3.05, 3.63) is 35.9 Å². The highest BCUT2D eigenvalue weighted by molar-refractivity contribution is 5.26. The molecule has 0 radical (unpaired) electrons. The standard InChI is InChI=1S/C19H30N2/c1-15(2)12-21-14-18(3,16-8-6-5-7-9-16)20-13-19(21,4)17-10-11-17/h5-9,15,17,20H,10-14H2,1-4H3. The number of nitrogens with zero attached hydrogens (tertiary/aromatic N) is 1. The maximum atomic E-state index is 3.89. The number of nitrogens with one attached hydrogen (secondary N) is 1. The van der Waals surface area contributed by atoms with Gasteiger partial charge in [0.05, 0.1) is 5.54 Å². The van der Waals surface area contributed by atoms with E-state index in [1.807, 2.05) is 0 Å². The van der Waals surface area contributed by atoms with Crippen LogP contribution in [0.1, 0.15) is 46.1 Å². The molecule has 2 unspecified atom stereocenters. The van der Waals surface area contributed by atoms with Crippen molar-refractivity contribution < 1.29 is 0 Å². The van der Waals surface area contributed by atoms with Gasteiger partial charge in [-0.25, -0.2) is 0 Å². The Bertz CT molecular complexity index is 480. The highest BCUT2D eigenvalue weighted by Gasteiger charge is 2.50. The summed E-state index contributed by atoms with van der Waals surface area (Å²) in [7, 11) is 0. The number of hydrogen-bond donors (Lipinski definition) is 1. The molecule has 2 atom stereocenters. The molecule has 1 aliphatic carbocycles. The normalized spacial score (nSPS) is 34.3. The maximum absolute atomic E-state index is 3.89. The minimum absolute atomic E-state index is 0.0740. The first-order chi connectivity index (χ1) is 9.94. The molecule has 2 nitrogen and oxygen atoms in total. The van der Waals surface area contributed by atoms with Crippen LogP contribution >= 0.6 is 0 Å². The van der Waals surface area contributed by atoms with Crippen molar-refractivity contribution in [2.75, 3.05) is 19.6 Å². The Morgan fingerprint density at radius 3 is 2.43 bits per heavy atom. The summed E-state index contributed by atoms with van der Waals surface area (Å²) in [5.41, 5.74) is 1.83. The molecule has 1 saturated heterocycles. The second kappa shape index (κ2) is 5.40. The fourth-order valence-electron chi connectivity index (χ4n) is 3.93. The Hall–Kier alpha value is -0.860. The number of benzene rings is 1. The third kappa shape index (κ3) is 2.89. The number of rotatable bonds is 4. The van der Waals surface area contributed by atoms with Crippen molar-refractivity contribution in [3.8, 4) is 0 Å². The van der Waals surface area contributed by atoms with Crippen LogP contribution in [0.4, 0.5) is 0 Å². The average molecular weight is 286 g/mol. The third-order valence-electron chi connectivity index (χ3n) is 5.52. The smallest absolute Gasteiger partial charge is 0.0535 e. The number of hydrogen-bond acceptors (Lipinski definition) is 2. The molecule has 1 aromatic carbocycles. The zero-order valence-corrected chi connectivity index (χ0v) is 14.0. The van der Waals surface area contributed by atoms with Gasteiger partial charge < -0.3 is 5.32 Å². The zero-order chi connectivity index (χ0) is 15.1. The minimum Gasteiger partial charge on any atom is -0.305 e. The minimum atomic E-state index is 0.0740. The van der Waals surface area contributed by atoms with Gasteiger partial charge in [-0.05, 0) is 44.1 Å². The van der Waals surface area contributed by atoms with Crippen LogP contribution in [0.5, 0.6) is 0 Å². The first-order valence-corrected chi connectivity index (χ1v) is 8.50. The summed E-state index contributed by atoms with van der Waals surface area (Å²) in [6, 6.07) is 10.9. The zero-order valence-electron chi connectivity index (χ0n) is 14.0. The van der Waals surface area contributed by atoms with Crippen LogP contribution in [0.2, 0.25) is 0 Å². The Balaban J connectivity index is 1.85. The molecule has 2 heteroatoms. The van der Waals surface area contributed by atoms with Crippen LogP contribution in [0.3, 0.4) is 0 Å². The van der Waals surface area contributed by atoms with Crippen LogP contribution in [0.15, 0.2) is 30.3 Å². The van der Waals surface area contributed by atoms with Gasteiger partial charge in [-0.2, -0.15) is 0 Å². The molecule has 0 spiro atoms. The fourth-order valence-corrected chi connectivity index (χ4v) is 3.93. The van der Waals surface area contributed by atoms with Crippen LogP contribution in [0.25, 0.3) is 0 Å². The lowest BCUT2D eigenvalue weighted by molar-refractivity contribution is -0.00306. The fraction of sp³-hybridized carbons (Fsp3) is 0.684. The number of piperazine rings is 1. The SMILES string of the molecule is CC(C)CN1CC(C)(c2ccccc2)NCC1(C)C1CC1. The van der Waals surface area contributed by atoms with Gasteiger partial charge in [0.2, 0.25) is 0 Å². The Kier molecular flexibility index (Phi) is 3.87. The molecular weight excluding hydrogens is 256 g/mol. The molecule has 1 saturated carbocycles. The molecule has 21 heavy (non-hydrogen) atoms.